The molecule has 0 N–H and O–H groups in total. The number of benzene rings is 1. The maximum atomic E-state index is 12.5. The van der Waals surface area contributed by atoms with Gasteiger partial charge in [-0.25, -0.2) is 4.90 Å². The average molecular weight is 324 g/mol. The van der Waals surface area contributed by atoms with Crippen LogP contribution >= 0.6 is 11.8 Å². The summed E-state index contributed by atoms with van der Waals surface area (Å²) in [5.41, 5.74) is 1.27. The van der Waals surface area contributed by atoms with Crippen LogP contribution in [0.2, 0.25) is 0 Å². The van der Waals surface area contributed by atoms with Crippen LogP contribution in [-0.4, -0.2) is 38.8 Å². The number of pyridine rings is 1. The molecular weight excluding hydrogens is 312 g/mol. The molecule has 3 rings (SSSR count). The van der Waals surface area contributed by atoms with Gasteiger partial charge < -0.3 is 0 Å². The molecule has 0 aliphatic carbocycles. The van der Waals surface area contributed by atoms with Crippen LogP contribution < -0.4 is 0 Å². The summed E-state index contributed by atoms with van der Waals surface area (Å²) in [7, 11) is 0. The van der Waals surface area contributed by atoms with E-state index in [1.807, 2.05) is 6.07 Å². The Bertz CT molecular complexity index is 775. The molecule has 114 valence electrons. The van der Waals surface area contributed by atoms with Crippen molar-refractivity contribution in [3.8, 4) is 0 Å². The molecule has 1 saturated heterocycles. The summed E-state index contributed by atoms with van der Waals surface area (Å²) >= 11 is 1.20. The van der Waals surface area contributed by atoms with Gasteiger partial charge in [0.05, 0.1) is 12.0 Å². The van der Waals surface area contributed by atoms with Crippen molar-refractivity contribution in [1.29, 1.82) is 0 Å². The summed E-state index contributed by atoms with van der Waals surface area (Å²) in [6.45, 7) is 0. The monoisotopic (exact) mass is 324 g/mol. The third kappa shape index (κ3) is 3.51. The Morgan fingerprint density at radius 1 is 1.17 bits per heavy atom. The first-order chi connectivity index (χ1) is 11.3. The van der Waals surface area contributed by atoms with Crippen molar-refractivity contribution in [3.63, 3.8) is 0 Å². The highest BCUT2D eigenvalue weighted by molar-refractivity contribution is 8.15. The predicted octanol–water partition coefficient (Wildman–Crippen LogP) is 2.19. The van der Waals surface area contributed by atoms with E-state index in [2.05, 4.69) is 15.2 Å². The van der Waals surface area contributed by atoms with E-state index in [9.17, 15) is 9.59 Å². The molecule has 2 amide bonds. The smallest absolute Gasteiger partial charge is 0.266 e. The van der Waals surface area contributed by atoms with Gasteiger partial charge in [-0.05, 0) is 29.8 Å². The molecule has 2 heterocycles. The van der Waals surface area contributed by atoms with Gasteiger partial charge in [0.1, 0.15) is 0 Å². The second kappa shape index (κ2) is 6.97. The fraction of sp³-hybridized carbons (Fsp3) is 0.0625. The number of hydrogen-bond acceptors (Lipinski definition) is 6. The number of aromatic nitrogens is 1. The van der Waals surface area contributed by atoms with Crippen molar-refractivity contribution < 1.29 is 9.59 Å². The molecule has 0 spiro atoms. The van der Waals surface area contributed by atoms with Gasteiger partial charge in [0.15, 0.2) is 5.17 Å². The van der Waals surface area contributed by atoms with E-state index in [0.717, 1.165) is 10.5 Å². The third-order valence-corrected chi connectivity index (χ3v) is 3.96. The first kappa shape index (κ1) is 15.1. The standard InChI is InChI=1S/C16H12N4O2S/c21-14-11-23-16(19-18-10-12-6-8-17-9-7-12)20(14)15(22)13-4-2-1-3-5-13/h1-10H,11H2/b18-10-,19-16+. The zero-order chi connectivity index (χ0) is 16.1. The van der Waals surface area contributed by atoms with E-state index in [-0.39, 0.29) is 16.8 Å². The van der Waals surface area contributed by atoms with Crippen LogP contribution in [0.1, 0.15) is 15.9 Å². The largest absolute Gasteiger partial charge is 0.273 e. The average Bonchev–Trinajstić information content (AvgIpc) is 2.97. The zero-order valence-corrected chi connectivity index (χ0v) is 12.8. The summed E-state index contributed by atoms with van der Waals surface area (Å²) in [5.74, 6) is -0.498. The van der Waals surface area contributed by atoms with Gasteiger partial charge in [-0.3, -0.25) is 14.6 Å². The van der Waals surface area contributed by atoms with E-state index >= 15 is 0 Å². The molecule has 2 aromatic rings. The van der Waals surface area contributed by atoms with Crippen LogP contribution in [0.3, 0.4) is 0 Å². The first-order valence-corrected chi connectivity index (χ1v) is 7.80. The lowest BCUT2D eigenvalue weighted by molar-refractivity contribution is -0.122. The summed E-state index contributed by atoms with van der Waals surface area (Å²) < 4.78 is 0. The van der Waals surface area contributed by atoms with E-state index in [0.29, 0.717) is 5.56 Å². The molecular formula is C16H12N4O2S. The molecule has 1 aliphatic rings. The second-order valence-electron chi connectivity index (χ2n) is 4.60. The van der Waals surface area contributed by atoms with Gasteiger partial charge in [0, 0.05) is 18.0 Å². The van der Waals surface area contributed by atoms with E-state index in [4.69, 9.17) is 0 Å². The Labute approximate surface area is 136 Å². The highest BCUT2D eigenvalue weighted by Gasteiger charge is 2.34. The molecule has 0 atom stereocenters. The van der Waals surface area contributed by atoms with Gasteiger partial charge in [-0.15, -0.1) is 5.10 Å². The number of rotatable bonds is 3. The minimum Gasteiger partial charge on any atom is -0.273 e. The maximum Gasteiger partial charge on any atom is 0.266 e. The van der Waals surface area contributed by atoms with Crippen molar-refractivity contribution in [2.45, 2.75) is 0 Å². The first-order valence-electron chi connectivity index (χ1n) is 6.82. The highest BCUT2D eigenvalue weighted by atomic mass is 32.2. The van der Waals surface area contributed by atoms with Crippen molar-refractivity contribution >= 4 is 35.0 Å². The van der Waals surface area contributed by atoms with Crippen LogP contribution in [0, 0.1) is 0 Å². The maximum absolute atomic E-state index is 12.5. The summed E-state index contributed by atoms with van der Waals surface area (Å²) in [5, 5.41) is 8.25. The lowest BCUT2D eigenvalue weighted by Gasteiger charge is -2.12. The number of nitrogens with zero attached hydrogens (tertiary/aromatic N) is 4. The van der Waals surface area contributed by atoms with Gasteiger partial charge in [-0.2, -0.15) is 5.10 Å². The minimum atomic E-state index is -0.390. The highest BCUT2D eigenvalue weighted by Crippen LogP contribution is 2.22. The minimum absolute atomic E-state index is 0.183. The molecule has 1 aromatic carbocycles. The Morgan fingerprint density at radius 3 is 2.65 bits per heavy atom. The van der Waals surface area contributed by atoms with Gasteiger partial charge in [-0.1, -0.05) is 30.0 Å². The van der Waals surface area contributed by atoms with Crippen molar-refractivity contribution in [2.24, 2.45) is 10.2 Å². The Kier molecular flexibility index (Phi) is 4.58. The van der Waals surface area contributed by atoms with Gasteiger partial charge >= 0.3 is 0 Å². The SMILES string of the molecule is O=C1CS/C(=N/N=C\c2ccncc2)N1C(=O)c1ccccc1. The Hall–Kier alpha value is -2.80. The number of carbonyl (C=O) groups excluding carboxylic acids is 2. The summed E-state index contributed by atoms with van der Waals surface area (Å²) in [4.78, 5) is 29.4. The number of hydrogen-bond donors (Lipinski definition) is 0. The number of amides is 2. The van der Waals surface area contributed by atoms with Crippen LogP contribution in [0.5, 0.6) is 0 Å². The molecule has 0 bridgehead atoms. The topological polar surface area (TPSA) is 75.0 Å². The van der Waals surface area contributed by atoms with Gasteiger partial charge in [0.2, 0.25) is 5.91 Å². The Morgan fingerprint density at radius 2 is 1.91 bits per heavy atom. The third-order valence-electron chi connectivity index (χ3n) is 3.05. The van der Waals surface area contributed by atoms with Crippen molar-refractivity contribution in [2.75, 3.05) is 5.75 Å². The van der Waals surface area contributed by atoms with Crippen LogP contribution in [-0.2, 0) is 4.79 Å². The lowest BCUT2D eigenvalue weighted by Crippen LogP contribution is -2.35. The fourth-order valence-corrected chi connectivity index (χ4v) is 2.74. The molecule has 6 nitrogen and oxygen atoms in total. The zero-order valence-electron chi connectivity index (χ0n) is 12.0. The molecule has 0 unspecified atom stereocenters. The predicted molar refractivity (Wildman–Crippen MR) is 89.3 cm³/mol. The molecule has 1 aromatic heterocycles. The van der Waals surface area contributed by atoms with Gasteiger partial charge in [0.25, 0.3) is 5.91 Å². The van der Waals surface area contributed by atoms with Crippen LogP contribution in [0.4, 0.5) is 0 Å². The number of carbonyl (C=O) groups is 2. The summed E-state index contributed by atoms with van der Waals surface area (Å²) in [6, 6.07) is 12.2. The molecule has 0 radical (unpaired) electrons. The second-order valence-corrected chi connectivity index (χ2v) is 5.54. The quantitative estimate of drug-likeness (QED) is 0.493. The molecule has 7 heteroatoms. The summed E-state index contributed by atoms with van der Waals surface area (Å²) in [6.07, 6.45) is 4.84. The van der Waals surface area contributed by atoms with Crippen LogP contribution in [0.15, 0.2) is 65.1 Å². The Balaban J connectivity index is 1.81. The molecule has 1 aliphatic heterocycles. The van der Waals surface area contributed by atoms with E-state index < -0.39 is 5.91 Å². The van der Waals surface area contributed by atoms with Crippen molar-refractivity contribution in [3.05, 3.63) is 66.0 Å². The normalized spacial score (nSPS) is 16.4. The van der Waals surface area contributed by atoms with Crippen LogP contribution in [0.25, 0.3) is 0 Å². The van der Waals surface area contributed by atoms with Crippen molar-refractivity contribution in [1.82, 2.24) is 9.88 Å². The molecule has 0 saturated carbocycles. The fourth-order valence-electron chi connectivity index (χ4n) is 1.94. The number of thioether (sulfide) groups is 1. The lowest BCUT2D eigenvalue weighted by atomic mass is 10.2. The molecule has 23 heavy (non-hydrogen) atoms. The van der Waals surface area contributed by atoms with E-state index in [1.165, 1.54) is 11.8 Å². The molecule has 1 fully saturated rings. The van der Waals surface area contributed by atoms with E-state index in [1.54, 1.807) is 55.0 Å². The number of amidine groups is 1. The number of imide groups is 1.